The molecule has 0 aliphatic carbocycles. The Morgan fingerprint density at radius 1 is 1.67 bits per heavy atom. The zero-order valence-corrected chi connectivity index (χ0v) is 10.6. The first kappa shape index (κ1) is 12.1. The zero-order valence-electron chi connectivity index (χ0n) is 8.94. The molecule has 1 unspecified atom stereocenters. The lowest BCUT2D eigenvalue weighted by atomic mass is 10.3. The summed E-state index contributed by atoms with van der Waals surface area (Å²) in [6, 6.07) is 4.27. The smallest absolute Gasteiger partial charge is 0.183 e. The molecule has 1 N–H and O–H groups in total. The second kappa shape index (κ2) is 5.79. The van der Waals surface area contributed by atoms with Gasteiger partial charge in [0, 0.05) is 9.75 Å². The highest BCUT2D eigenvalue weighted by atomic mass is 32.2. The molecule has 0 spiro atoms. The number of nitriles is 1. The molecule has 80 valence electrons. The van der Waals surface area contributed by atoms with E-state index in [1.807, 2.05) is 19.4 Å². The molecule has 0 saturated heterocycles. The normalized spacial score (nSPS) is 13.3. The summed E-state index contributed by atoms with van der Waals surface area (Å²) in [5.41, 5.74) is 0. The second-order valence-corrected chi connectivity index (χ2v) is 5.11. The van der Waals surface area contributed by atoms with Crippen LogP contribution in [0.5, 0.6) is 0 Å². The summed E-state index contributed by atoms with van der Waals surface area (Å²) in [6.07, 6.45) is 3.78. The number of hydrogen-bond donors (Lipinski definition) is 1. The molecule has 0 bridgehead atoms. The van der Waals surface area contributed by atoms with Crippen molar-refractivity contribution in [3.8, 4) is 6.19 Å². The van der Waals surface area contributed by atoms with Gasteiger partial charge in [0.2, 0.25) is 0 Å². The fourth-order valence-corrected chi connectivity index (χ4v) is 2.38. The highest BCUT2D eigenvalue weighted by molar-refractivity contribution is 8.13. The van der Waals surface area contributed by atoms with Crippen LogP contribution in [0.3, 0.4) is 0 Å². The van der Waals surface area contributed by atoms with Crippen LogP contribution in [-0.2, 0) is 0 Å². The van der Waals surface area contributed by atoms with Crippen molar-refractivity contribution in [3.63, 3.8) is 0 Å². The average Bonchev–Trinajstić information content (AvgIpc) is 2.64. The fourth-order valence-electron chi connectivity index (χ4n) is 1.10. The molecule has 0 saturated carbocycles. The minimum atomic E-state index is 0.104. The highest BCUT2D eigenvalue weighted by Gasteiger charge is 2.07. The molecule has 15 heavy (non-hydrogen) atoms. The number of aliphatic imine (C=N–C) groups is 1. The maximum Gasteiger partial charge on any atom is 0.183 e. The van der Waals surface area contributed by atoms with Crippen LogP contribution >= 0.6 is 23.1 Å². The van der Waals surface area contributed by atoms with Crippen LogP contribution in [0, 0.1) is 18.4 Å². The second-order valence-electron chi connectivity index (χ2n) is 3.00. The van der Waals surface area contributed by atoms with Crippen LogP contribution in [0.4, 0.5) is 0 Å². The van der Waals surface area contributed by atoms with Gasteiger partial charge in [-0.3, -0.25) is 10.3 Å². The van der Waals surface area contributed by atoms with Gasteiger partial charge in [0.05, 0.1) is 6.04 Å². The van der Waals surface area contributed by atoms with E-state index in [9.17, 15) is 0 Å². The van der Waals surface area contributed by atoms with Crippen LogP contribution in [0.15, 0.2) is 17.1 Å². The lowest BCUT2D eigenvalue weighted by Crippen LogP contribution is -2.14. The maximum absolute atomic E-state index is 8.50. The molecule has 1 aromatic heterocycles. The van der Waals surface area contributed by atoms with Gasteiger partial charge in [-0.25, -0.2) is 0 Å². The minimum Gasteiger partial charge on any atom is -0.272 e. The van der Waals surface area contributed by atoms with Gasteiger partial charge < -0.3 is 0 Å². The van der Waals surface area contributed by atoms with Crippen molar-refractivity contribution in [1.82, 2.24) is 5.32 Å². The Morgan fingerprint density at radius 3 is 2.87 bits per heavy atom. The van der Waals surface area contributed by atoms with Gasteiger partial charge in [-0.2, -0.15) is 5.26 Å². The van der Waals surface area contributed by atoms with Crippen molar-refractivity contribution in [2.45, 2.75) is 19.9 Å². The van der Waals surface area contributed by atoms with Crippen molar-refractivity contribution in [2.24, 2.45) is 4.99 Å². The molecule has 0 aliphatic heterocycles. The van der Waals surface area contributed by atoms with Gasteiger partial charge >= 0.3 is 0 Å². The van der Waals surface area contributed by atoms with Crippen molar-refractivity contribution in [1.29, 1.82) is 5.26 Å². The summed E-state index contributed by atoms with van der Waals surface area (Å²) in [4.78, 5) is 6.93. The molecule has 5 heteroatoms. The van der Waals surface area contributed by atoms with Gasteiger partial charge in [-0.1, -0.05) is 11.8 Å². The van der Waals surface area contributed by atoms with E-state index in [0.29, 0.717) is 5.17 Å². The van der Waals surface area contributed by atoms with Gasteiger partial charge in [0.15, 0.2) is 11.4 Å². The van der Waals surface area contributed by atoms with Crippen molar-refractivity contribution >= 4 is 28.3 Å². The Balaban J connectivity index is 2.77. The first-order valence-electron chi connectivity index (χ1n) is 4.50. The summed E-state index contributed by atoms with van der Waals surface area (Å²) in [7, 11) is 0. The lowest BCUT2D eigenvalue weighted by Gasteiger charge is -2.05. The molecule has 1 atom stereocenters. The monoisotopic (exact) mass is 239 g/mol. The number of amidine groups is 1. The Kier molecular flexibility index (Phi) is 4.66. The van der Waals surface area contributed by atoms with E-state index in [2.05, 4.69) is 29.4 Å². The molecule has 1 rings (SSSR count). The summed E-state index contributed by atoms with van der Waals surface area (Å²) in [6.45, 7) is 4.11. The average molecular weight is 239 g/mol. The molecular formula is C10H13N3S2. The Hall–Kier alpha value is -0.990. The van der Waals surface area contributed by atoms with Crippen LogP contribution in [0.2, 0.25) is 0 Å². The SMILES string of the molecule is CSC(=NC(C)c1ccc(C)s1)NC#N. The van der Waals surface area contributed by atoms with E-state index >= 15 is 0 Å². The number of nitrogens with zero attached hydrogens (tertiary/aromatic N) is 2. The Morgan fingerprint density at radius 2 is 2.40 bits per heavy atom. The highest BCUT2D eigenvalue weighted by Crippen LogP contribution is 2.25. The Labute approximate surface area is 98.2 Å². The summed E-state index contributed by atoms with van der Waals surface area (Å²) < 4.78 is 0. The summed E-state index contributed by atoms with van der Waals surface area (Å²) in [5.74, 6) is 0. The number of thiophene rings is 1. The number of aryl methyl sites for hydroxylation is 1. The maximum atomic E-state index is 8.50. The number of nitrogens with one attached hydrogen (secondary N) is 1. The third-order valence-corrected chi connectivity index (χ3v) is 3.61. The molecule has 0 fully saturated rings. The van der Waals surface area contributed by atoms with E-state index in [0.717, 1.165) is 0 Å². The largest absolute Gasteiger partial charge is 0.272 e. The van der Waals surface area contributed by atoms with Crippen molar-refractivity contribution in [3.05, 3.63) is 21.9 Å². The Bertz CT molecular complexity index is 390. The van der Waals surface area contributed by atoms with E-state index in [1.54, 1.807) is 11.3 Å². The van der Waals surface area contributed by atoms with E-state index in [-0.39, 0.29) is 6.04 Å². The molecule has 1 aromatic rings. The van der Waals surface area contributed by atoms with Crippen molar-refractivity contribution < 1.29 is 0 Å². The molecule has 3 nitrogen and oxygen atoms in total. The minimum absolute atomic E-state index is 0.104. The number of thioether (sulfide) groups is 1. The summed E-state index contributed by atoms with van der Waals surface area (Å²) in [5, 5.41) is 11.7. The third kappa shape index (κ3) is 3.57. The van der Waals surface area contributed by atoms with Crippen LogP contribution in [0.25, 0.3) is 0 Å². The van der Waals surface area contributed by atoms with Crippen LogP contribution in [-0.4, -0.2) is 11.4 Å². The van der Waals surface area contributed by atoms with Gasteiger partial charge in [-0.15, -0.1) is 11.3 Å². The quantitative estimate of drug-likeness (QED) is 0.373. The van der Waals surface area contributed by atoms with Crippen molar-refractivity contribution in [2.75, 3.05) is 6.26 Å². The number of hydrogen-bond acceptors (Lipinski definition) is 4. The molecule has 1 heterocycles. The molecule has 0 aliphatic rings. The van der Waals surface area contributed by atoms with Crippen LogP contribution in [0.1, 0.15) is 22.7 Å². The van der Waals surface area contributed by atoms with Gasteiger partial charge in [-0.05, 0) is 32.2 Å². The van der Waals surface area contributed by atoms with Gasteiger partial charge in [0.1, 0.15) is 0 Å². The van der Waals surface area contributed by atoms with E-state index in [4.69, 9.17) is 5.26 Å². The van der Waals surface area contributed by atoms with Crippen LogP contribution < -0.4 is 5.32 Å². The van der Waals surface area contributed by atoms with E-state index < -0.39 is 0 Å². The predicted octanol–water partition coefficient (Wildman–Crippen LogP) is 2.91. The topological polar surface area (TPSA) is 48.2 Å². The zero-order chi connectivity index (χ0) is 11.3. The van der Waals surface area contributed by atoms with Gasteiger partial charge in [0.25, 0.3) is 0 Å². The lowest BCUT2D eigenvalue weighted by molar-refractivity contribution is 0.838. The molecule has 0 aromatic carbocycles. The molecule has 0 radical (unpaired) electrons. The fraction of sp³-hybridized carbons (Fsp3) is 0.400. The third-order valence-electron chi connectivity index (χ3n) is 1.84. The standard InChI is InChI=1S/C10H13N3S2/c1-7-4-5-9(15-7)8(2)13-10(14-3)12-6-11/h4-5,8H,1-3H3,(H,12,13). The number of rotatable bonds is 2. The first-order valence-corrected chi connectivity index (χ1v) is 6.54. The van der Waals surface area contributed by atoms with E-state index in [1.165, 1.54) is 21.5 Å². The predicted molar refractivity (Wildman–Crippen MR) is 67.2 cm³/mol. The summed E-state index contributed by atoms with van der Waals surface area (Å²) >= 11 is 3.18. The molecular weight excluding hydrogens is 226 g/mol. The molecule has 0 amide bonds. The first-order chi connectivity index (χ1) is 7.17.